The Hall–Kier alpha value is -3.24. The number of ether oxygens (including phenoxy) is 2. The average Bonchev–Trinajstić information content (AvgIpc) is 2.66. The van der Waals surface area contributed by atoms with Crippen LogP contribution >= 0.6 is 0 Å². The number of hydrogen-bond acceptors (Lipinski definition) is 5. The van der Waals surface area contributed by atoms with Gasteiger partial charge in [0.25, 0.3) is 0 Å². The van der Waals surface area contributed by atoms with E-state index < -0.39 is 34.2 Å². The number of carbonyl (C=O) groups excluding carboxylic acids is 1. The minimum absolute atomic E-state index is 0.106. The lowest BCUT2D eigenvalue weighted by Gasteiger charge is -2.40. The summed E-state index contributed by atoms with van der Waals surface area (Å²) in [5.41, 5.74) is -1.41. The van der Waals surface area contributed by atoms with Gasteiger partial charge in [0.15, 0.2) is 11.5 Å². The van der Waals surface area contributed by atoms with Gasteiger partial charge in [-0.2, -0.15) is 5.26 Å². The number of ketones is 1. The second-order valence-electron chi connectivity index (χ2n) is 8.32. The molecule has 0 amide bonds. The maximum absolute atomic E-state index is 13.9. The van der Waals surface area contributed by atoms with Gasteiger partial charge in [0.05, 0.1) is 5.57 Å². The average molecular weight is 427 g/mol. The Bertz CT molecular complexity index is 1140. The number of benzene rings is 2. The van der Waals surface area contributed by atoms with E-state index in [2.05, 4.69) is 0 Å². The van der Waals surface area contributed by atoms with Gasteiger partial charge in [-0.15, -0.1) is 0 Å². The quantitative estimate of drug-likeness (QED) is 0.685. The molecule has 0 aliphatic carbocycles. The summed E-state index contributed by atoms with van der Waals surface area (Å²) in [5, 5.41) is 20.1. The first-order valence-electron chi connectivity index (χ1n) is 9.80. The number of aryl methyl sites for hydroxylation is 1. The summed E-state index contributed by atoms with van der Waals surface area (Å²) in [4.78, 5) is 13.1. The Labute approximate surface area is 179 Å². The summed E-state index contributed by atoms with van der Waals surface area (Å²) in [7, 11) is 0. The van der Waals surface area contributed by atoms with E-state index >= 15 is 0 Å². The molecule has 7 heteroatoms. The lowest BCUT2D eigenvalue weighted by atomic mass is 9.81. The van der Waals surface area contributed by atoms with Gasteiger partial charge in [-0.3, -0.25) is 4.79 Å². The van der Waals surface area contributed by atoms with Crippen LogP contribution in [0.2, 0.25) is 0 Å². The molecular formula is C24H23F2NO4. The fourth-order valence-corrected chi connectivity index (χ4v) is 3.72. The van der Waals surface area contributed by atoms with Crippen LogP contribution in [0.3, 0.4) is 0 Å². The predicted octanol–water partition coefficient (Wildman–Crippen LogP) is 5.62. The van der Waals surface area contributed by atoms with Crippen molar-refractivity contribution in [1.82, 2.24) is 0 Å². The highest BCUT2D eigenvalue weighted by Crippen LogP contribution is 2.42. The van der Waals surface area contributed by atoms with Gasteiger partial charge >= 0.3 is 0 Å². The highest BCUT2D eigenvalue weighted by molar-refractivity contribution is 6.26. The molecule has 0 bridgehead atoms. The second kappa shape index (κ2) is 7.78. The summed E-state index contributed by atoms with van der Waals surface area (Å²) in [6.45, 7) is 8.48. The van der Waals surface area contributed by atoms with E-state index in [1.165, 1.54) is 6.07 Å². The van der Waals surface area contributed by atoms with Gasteiger partial charge < -0.3 is 14.6 Å². The van der Waals surface area contributed by atoms with Gasteiger partial charge in [0, 0.05) is 12.1 Å². The third kappa shape index (κ3) is 4.04. The van der Waals surface area contributed by atoms with E-state index in [0.717, 1.165) is 11.6 Å². The van der Waals surface area contributed by atoms with Crippen LogP contribution in [-0.2, 0) is 16.0 Å². The SMILES string of the molecule is CCc1ccc(Oc2cc(F)cc(F)c2C#N)cc1C1=C(O)C(C)(C)OC(C)(C)C1=O. The van der Waals surface area contributed by atoms with Crippen LogP contribution in [0.15, 0.2) is 36.1 Å². The Balaban J connectivity index is 2.18. The molecule has 31 heavy (non-hydrogen) atoms. The van der Waals surface area contributed by atoms with Gasteiger partial charge in [-0.05, 0) is 57.4 Å². The van der Waals surface area contributed by atoms with Crippen LogP contribution in [-0.4, -0.2) is 22.1 Å². The molecule has 2 aromatic rings. The maximum Gasteiger partial charge on any atom is 0.198 e. The molecule has 162 valence electrons. The third-order valence-corrected chi connectivity index (χ3v) is 5.18. The van der Waals surface area contributed by atoms with E-state index in [9.17, 15) is 23.9 Å². The fourth-order valence-electron chi connectivity index (χ4n) is 3.72. The summed E-state index contributed by atoms with van der Waals surface area (Å²) < 4.78 is 39.0. The van der Waals surface area contributed by atoms with Crippen molar-refractivity contribution in [1.29, 1.82) is 5.26 Å². The largest absolute Gasteiger partial charge is 0.508 e. The number of aliphatic hydroxyl groups excluding tert-OH is 1. The van der Waals surface area contributed by atoms with Crippen LogP contribution in [0.4, 0.5) is 8.78 Å². The third-order valence-electron chi connectivity index (χ3n) is 5.18. The number of rotatable bonds is 4. The molecule has 1 N–H and O–H groups in total. The molecule has 0 fully saturated rings. The highest BCUT2D eigenvalue weighted by atomic mass is 19.1. The lowest BCUT2D eigenvalue weighted by Crippen LogP contribution is -2.49. The molecule has 1 aliphatic heterocycles. The van der Waals surface area contributed by atoms with Crippen molar-refractivity contribution in [3.05, 3.63) is 64.4 Å². The standard InChI is InChI=1S/C24H23F2NO4/c1-6-13-7-8-15(30-19-10-14(25)9-18(26)17(19)12-27)11-16(13)20-21(28)23(2,3)31-24(4,5)22(20)29/h7-11,28H,6H2,1-5H3. The summed E-state index contributed by atoms with van der Waals surface area (Å²) >= 11 is 0. The number of hydrogen-bond donors (Lipinski definition) is 1. The topological polar surface area (TPSA) is 79.6 Å². The number of halogens is 2. The van der Waals surface area contributed by atoms with Crippen LogP contribution < -0.4 is 4.74 Å². The van der Waals surface area contributed by atoms with Crippen molar-refractivity contribution in [3.8, 4) is 17.6 Å². The van der Waals surface area contributed by atoms with Crippen molar-refractivity contribution >= 4 is 11.4 Å². The number of Topliss-reactive ketones (excluding diaryl/α,β-unsaturated/α-hetero) is 1. The Morgan fingerprint density at radius 2 is 1.81 bits per heavy atom. The van der Waals surface area contributed by atoms with Crippen molar-refractivity contribution in [2.24, 2.45) is 0 Å². The molecule has 0 aromatic heterocycles. The Kier molecular flexibility index (Phi) is 5.64. The first-order chi connectivity index (χ1) is 14.4. The van der Waals surface area contributed by atoms with Crippen molar-refractivity contribution < 1.29 is 28.2 Å². The maximum atomic E-state index is 13.9. The molecule has 5 nitrogen and oxygen atoms in total. The summed E-state index contributed by atoms with van der Waals surface area (Å²) in [6.07, 6.45) is 0.555. The molecule has 0 saturated heterocycles. The lowest BCUT2D eigenvalue weighted by molar-refractivity contribution is -0.158. The van der Waals surface area contributed by atoms with Gasteiger partial charge in [-0.25, -0.2) is 8.78 Å². The number of carbonyl (C=O) groups is 1. The van der Waals surface area contributed by atoms with Crippen molar-refractivity contribution in [2.45, 2.75) is 52.2 Å². The molecule has 0 unspecified atom stereocenters. The second-order valence-corrected chi connectivity index (χ2v) is 8.32. The zero-order valence-corrected chi connectivity index (χ0v) is 18.0. The first-order valence-corrected chi connectivity index (χ1v) is 9.80. The van der Waals surface area contributed by atoms with E-state index in [0.29, 0.717) is 18.1 Å². The van der Waals surface area contributed by atoms with Gasteiger partial charge in [0.1, 0.15) is 46.0 Å². The van der Waals surface area contributed by atoms with Crippen molar-refractivity contribution in [2.75, 3.05) is 0 Å². The Morgan fingerprint density at radius 1 is 1.13 bits per heavy atom. The van der Waals surface area contributed by atoms with Crippen LogP contribution in [0, 0.1) is 23.0 Å². The monoisotopic (exact) mass is 427 g/mol. The van der Waals surface area contributed by atoms with E-state index in [4.69, 9.17) is 9.47 Å². The minimum Gasteiger partial charge on any atom is -0.508 e. The smallest absolute Gasteiger partial charge is 0.198 e. The fraction of sp³-hybridized carbons (Fsp3) is 0.333. The number of nitriles is 1. The zero-order chi connectivity index (χ0) is 23.1. The molecule has 1 heterocycles. The molecular weight excluding hydrogens is 404 g/mol. The number of nitrogens with zero attached hydrogens (tertiary/aromatic N) is 1. The Morgan fingerprint density at radius 3 is 2.42 bits per heavy atom. The molecule has 0 spiro atoms. The van der Waals surface area contributed by atoms with Gasteiger partial charge in [-0.1, -0.05) is 13.0 Å². The van der Waals surface area contributed by atoms with Gasteiger partial charge in [0.2, 0.25) is 0 Å². The zero-order valence-electron chi connectivity index (χ0n) is 18.0. The van der Waals surface area contributed by atoms with E-state index in [1.807, 2.05) is 6.92 Å². The van der Waals surface area contributed by atoms with Crippen molar-refractivity contribution in [3.63, 3.8) is 0 Å². The summed E-state index contributed by atoms with van der Waals surface area (Å²) in [5.74, 6) is -2.66. The van der Waals surface area contributed by atoms with Crippen LogP contribution in [0.5, 0.6) is 11.5 Å². The molecule has 0 radical (unpaired) electrons. The van der Waals surface area contributed by atoms with E-state index in [-0.39, 0.29) is 22.8 Å². The predicted molar refractivity (Wildman–Crippen MR) is 111 cm³/mol. The summed E-state index contributed by atoms with van der Waals surface area (Å²) in [6, 6.07) is 7.97. The van der Waals surface area contributed by atoms with Crippen LogP contribution in [0.25, 0.3) is 5.57 Å². The molecule has 2 aromatic carbocycles. The molecule has 0 saturated carbocycles. The normalized spacial score (nSPS) is 17.4. The molecule has 3 rings (SSSR count). The molecule has 0 atom stereocenters. The minimum atomic E-state index is -1.17. The first kappa shape index (κ1) is 22.4. The highest BCUT2D eigenvalue weighted by Gasteiger charge is 2.47. The van der Waals surface area contributed by atoms with E-state index in [1.54, 1.807) is 45.9 Å². The molecule has 1 aliphatic rings. The van der Waals surface area contributed by atoms with Crippen LogP contribution in [0.1, 0.15) is 51.3 Å². The number of aliphatic hydroxyl groups is 1.